The van der Waals surface area contributed by atoms with Crippen molar-refractivity contribution in [3.05, 3.63) is 54.1 Å². The fourth-order valence-corrected chi connectivity index (χ4v) is 4.11. The van der Waals surface area contributed by atoms with Crippen LogP contribution in [0, 0.1) is 0 Å². The van der Waals surface area contributed by atoms with Gasteiger partial charge in [-0.2, -0.15) is 5.10 Å². The number of methoxy groups -OCH3 is 1. The highest BCUT2D eigenvalue weighted by Crippen LogP contribution is 2.29. The van der Waals surface area contributed by atoms with Crippen molar-refractivity contribution >= 4 is 11.7 Å². The van der Waals surface area contributed by atoms with E-state index in [1.165, 1.54) is 0 Å². The van der Waals surface area contributed by atoms with Crippen LogP contribution in [0.5, 0.6) is 17.2 Å². The van der Waals surface area contributed by atoms with E-state index < -0.39 is 0 Å². The second-order valence-corrected chi connectivity index (χ2v) is 8.03. The molecule has 1 fully saturated rings. The first-order chi connectivity index (χ1) is 16.6. The Balaban J connectivity index is 1.42. The van der Waals surface area contributed by atoms with Crippen molar-refractivity contribution < 1.29 is 19.0 Å². The summed E-state index contributed by atoms with van der Waals surface area (Å²) in [6.45, 7) is 7.78. The third-order valence-corrected chi connectivity index (χ3v) is 5.86. The van der Waals surface area contributed by atoms with Crippen LogP contribution in [0.3, 0.4) is 0 Å². The Morgan fingerprint density at radius 1 is 0.941 bits per heavy atom. The highest BCUT2D eigenvalue weighted by Gasteiger charge is 2.23. The van der Waals surface area contributed by atoms with E-state index >= 15 is 0 Å². The molecular formula is C26H32N4O4. The average molecular weight is 465 g/mol. The lowest BCUT2D eigenvalue weighted by Gasteiger charge is -2.22. The van der Waals surface area contributed by atoms with Crippen molar-refractivity contribution in [1.82, 2.24) is 15.1 Å². The number of nitrogens with one attached hydrogen (secondary N) is 1. The van der Waals surface area contributed by atoms with Crippen LogP contribution < -0.4 is 19.1 Å². The second-order valence-electron chi connectivity index (χ2n) is 8.03. The van der Waals surface area contributed by atoms with Crippen molar-refractivity contribution in [2.45, 2.75) is 20.3 Å². The molecular weight excluding hydrogens is 432 g/mol. The molecule has 1 N–H and O–H groups in total. The van der Waals surface area contributed by atoms with E-state index in [0.717, 1.165) is 35.8 Å². The number of hydrogen-bond acceptors (Lipinski definition) is 6. The molecule has 0 atom stereocenters. The van der Waals surface area contributed by atoms with Gasteiger partial charge in [-0.15, -0.1) is 0 Å². The molecule has 1 amide bonds. The zero-order valence-electron chi connectivity index (χ0n) is 20.0. The van der Waals surface area contributed by atoms with Gasteiger partial charge in [0.1, 0.15) is 5.75 Å². The molecule has 34 heavy (non-hydrogen) atoms. The van der Waals surface area contributed by atoms with Crippen LogP contribution in [0.15, 0.2) is 48.5 Å². The van der Waals surface area contributed by atoms with Crippen LogP contribution in [-0.4, -0.2) is 67.5 Å². The molecule has 2 aromatic carbocycles. The molecule has 3 aromatic rings. The minimum Gasteiger partial charge on any atom is -0.497 e. The van der Waals surface area contributed by atoms with Gasteiger partial charge in [0.15, 0.2) is 17.3 Å². The normalized spacial score (nSPS) is 14.0. The molecule has 0 aliphatic carbocycles. The number of carbonyl (C=O) groups excluding carboxylic acids is 1. The van der Waals surface area contributed by atoms with Gasteiger partial charge in [-0.3, -0.25) is 9.89 Å². The number of carbonyl (C=O) groups is 1. The third-order valence-electron chi connectivity index (χ3n) is 5.86. The Kier molecular flexibility index (Phi) is 7.57. The number of rotatable bonds is 8. The first-order valence-corrected chi connectivity index (χ1v) is 11.8. The van der Waals surface area contributed by atoms with Gasteiger partial charge < -0.3 is 24.0 Å². The fraction of sp³-hybridized carbons (Fsp3) is 0.385. The van der Waals surface area contributed by atoms with Gasteiger partial charge in [0.05, 0.1) is 26.0 Å². The van der Waals surface area contributed by atoms with Gasteiger partial charge in [-0.1, -0.05) is 0 Å². The summed E-state index contributed by atoms with van der Waals surface area (Å²) in [5.41, 5.74) is 2.61. The second kappa shape index (κ2) is 11.0. The Bertz CT molecular complexity index is 1100. The van der Waals surface area contributed by atoms with E-state index in [4.69, 9.17) is 14.2 Å². The number of anilines is 1. The molecule has 0 unspecified atom stereocenters. The molecule has 0 spiro atoms. The molecule has 8 heteroatoms. The molecule has 180 valence electrons. The molecule has 1 aromatic heterocycles. The van der Waals surface area contributed by atoms with Crippen LogP contribution in [0.4, 0.5) is 5.82 Å². The minimum atomic E-state index is 0.00630. The molecule has 4 rings (SSSR count). The van der Waals surface area contributed by atoms with Crippen LogP contribution in [0.1, 0.15) is 30.6 Å². The summed E-state index contributed by atoms with van der Waals surface area (Å²) < 4.78 is 16.6. The number of ether oxygens (including phenoxy) is 3. The zero-order chi connectivity index (χ0) is 23.9. The van der Waals surface area contributed by atoms with E-state index in [-0.39, 0.29) is 5.91 Å². The maximum atomic E-state index is 13.2. The van der Waals surface area contributed by atoms with Gasteiger partial charge >= 0.3 is 0 Å². The molecule has 1 aliphatic rings. The smallest absolute Gasteiger partial charge is 0.254 e. The minimum absolute atomic E-state index is 0.00630. The number of hydrogen-bond donors (Lipinski definition) is 1. The maximum Gasteiger partial charge on any atom is 0.254 e. The number of benzene rings is 2. The molecule has 0 radical (unpaired) electrons. The van der Waals surface area contributed by atoms with Gasteiger partial charge in [-0.25, -0.2) is 0 Å². The predicted molar refractivity (Wildman–Crippen MR) is 132 cm³/mol. The molecule has 2 heterocycles. The van der Waals surface area contributed by atoms with Gasteiger partial charge in [0.2, 0.25) is 0 Å². The Morgan fingerprint density at radius 3 is 2.44 bits per heavy atom. The van der Waals surface area contributed by atoms with E-state index in [9.17, 15) is 4.79 Å². The highest BCUT2D eigenvalue weighted by atomic mass is 16.5. The van der Waals surface area contributed by atoms with Crippen LogP contribution in [0.25, 0.3) is 11.3 Å². The number of aromatic amines is 1. The standard InChI is InChI=1S/C26H32N4O4/c1-4-33-23-12-9-20(17-24(23)34-5-2)26(31)30-14-6-13-29(15-16-30)25-18-22(27-28-25)19-7-10-21(32-3)11-8-19/h7-12,17-18H,4-6,13-16H2,1-3H3,(H,27,28). The van der Waals surface area contributed by atoms with Crippen molar-refractivity contribution in [3.8, 4) is 28.5 Å². The highest BCUT2D eigenvalue weighted by molar-refractivity contribution is 5.95. The maximum absolute atomic E-state index is 13.2. The quantitative estimate of drug-likeness (QED) is 0.537. The summed E-state index contributed by atoms with van der Waals surface area (Å²) in [4.78, 5) is 17.4. The first-order valence-electron chi connectivity index (χ1n) is 11.8. The Morgan fingerprint density at radius 2 is 1.71 bits per heavy atom. The largest absolute Gasteiger partial charge is 0.497 e. The van der Waals surface area contributed by atoms with Crippen molar-refractivity contribution in [2.75, 3.05) is 51.4 Å². The topological polar surface area (TPSA) is 79.9 Å². The summed E-state index contributed by atoms with van der Waals surface area (Å²) in [6, 6.07) is 15.4. The fourth-order valence-electron chi connectivity index (χ4n) is 4.11. The summed E-state index contributed by atoms with van der Waals surface area (Å²) in [7, 11) is 1.66. The molecule has 0 saturated carbocycles. The van der Waals surface area contributed by atoms with Crippen LogP contribution in [-0.2, 0) is 0 Å². The van der Waals surface area contributed by atoms with Crippen molar-refractivity contribution in [1.29, 1.82) is 0 Å². The zero-order valence-corrected chi connectivity index (χ0v) is 20.0. The van der Waals surface area contributed by atoms with Gasteiger partial charge in [-0.05, 0) is 68.3 Å². The van der Waals surface area contributed by atoms with Gasteiger partial charge in [0.25, 0.3) is 5.91 Å². The number of aromatic nitrogens is 2. The van der Waals surface area contributed by atoms with Crippen molar-refractivity contribution in [2.24, 2.45) is 0 Å². The number of nitrogens with zero attached hydrogens (tertiary/aromatic N) is 3. The van der Waals surface area contributed by atoms with Crippen LogP contribution >= 0.6 is 0 Å². The first kappa shape index (κ1) is 23.5. The number of amides is 1. The molecule has 1 aliphatic heterocycles. The summed E-state index contributed by atoms with van der Waals surface area (Å²) in [5.74, 6) is 2.98. The summed E-state index contributed by atoms with van der Waals surface area (Å²) in [5, 5.41) is 7.66. The molecule has 0 bridgehead atoms. The lowest BCUT2D eigenvalue weighted by molar-refractivity contribution is 0.0766. The lowest BCUT2D eigenvalue weighted by atomic mass is 10.1. The molecule has 1 saturated heterocycles. The molecule has 8 nitrogen and oxygen atoms in total. The monoisotopic (exact) mass is 464 g/mol. The summed E-state index contributed by atoms with van der Waals surface area (Å²) in [6.07, 6.45) is 0.867. The van der Waals surface area contributed by atoms with E-state index in [2.05, 4.69) is 21.2 Å². The van der Waals surface area contributed by atoms with Crippen LogP contribution in [0.2, 0.25) is 0 Å². The third kappa shape index (κ3) is 5.27. The Hall–Kier alpha value is -3.68. The Labute approximate surface area is 200 Å². The predicted octanol–water partition coefficient (Wildman–Crippen LogP) is 4.24. The van der Waals surface area contributed by atoms with Crippen molar-refractivity contribution in [3.63, 3.8) is 0 Å². The average Bonchev–Trinajstić information content (AvgIpc) is 3.23. The van der Waals surface area contributed by atoms with E-state index in [0.29, 0.717) is 49.9 Å². The number of H-pyrrole nitrogens is 1. The lowest BCUT2D eigenvalue weighted by Crippen LogP contribution is -2.35. The van der Waals surface area contributed by atoms with E-state index in [1.54, 1.807) is 13.2 Å². The summed E-state index contributed by atoms with van der Waals surface area (Å²) >= 11 is 0. The SMILES string of the molecule is CCOc1ccc(C(=O)N2CCCN(c3cc(-c4ccc(OC)cc4)[nH]n3)CC2)cc1OCC. The van der Waals surface area contributed by atoms with E-state index in [1.807, 2.05) is 55.1 Å². The van der Waals surface area contributed by atoms with Gasteiger partial charge in [0, 0.05) is 37.8 Å².